The standard InChI is InChI=1S/C14H20N2O2/c1-2-15-9-12(17)10-16-8-7-11-5-3-4-6-13(11)14(16)18/h3-6,12,15,17H,2,7-10H2,1H3. The molecule has 1 amide bonds. The maximum absolute atomic E-state index is 12.2. The van der Waals surface area contributed by atoms with Crippen molar-refractivity contribution in [2.75, 3.05) is 26.2 Å². The number of carbonyl (C=O) groups excluding carboxylic acids is 1. The first-order valence-electron chi connectivity index (χ1n) is 6.48. The predicted molar refractivity (Wildman–Crippen MR) is 70.6 cm³/mol. The van der Waals surface area contributed by atoms with E-state index in [4.69, 9.17) is 0 Å². The van der Waals surface area contributed by atoms with Gasteiger partial charge in [-0.3, -0.25) is 4.79 Å². The van der Waals surface area contributed by atoms with Gasteiger partial charge >= 0.3 is 0 Å². The lowest BCUT2D eigenvalue weighted by Gasteiger charge is -2.30. The van der Waals surface area contributed by atoms with Crippen molar-refractivity contribution in [1.82, 2.24) is 10.2 Å². The number of nitrogens with one attached hydrogen (secondary N) is 1. The van der Waals surface area contributed by atoms with Gasteiger partial charge in [-0.2, -0.15) is 0 Å². The molecule has 0 saturated heterocycles. The van der Waals surface area contributed by atoms with Gasteiger partial charge in [-0.1, -0.05) is 25.1 Å². The maximum Gasteiger partial charge on any atom is 0.254 e. The van der Waals surface area contributed by atoms with Gasteiger partial charge in [-0.25, -0.2) is 0 Å². The molecule has 1 unspecified atom stereocenters. The molecule has 1 aromatic rings. The lowest BCUT2D eigenvalue weighted by atomic mass is 9.99. The van der Waals surface area contributed by atoms with Crippen LogP contribution in [0.25, 0.3) is 0 Å². The normalized spacial score (nSPS) is 16.6. The molecule has 1 aromatic carbocycles. The number of rotatable bonds is 5. The summed E-state index contributed by atoms with van der Waals surface area (Å²) in [7, 11) is 0. The first-order valence-corrected chi connectivity index (χ1v) is 6.48. The average molecular weight is 248 g/mol. The average Bonchev–Trinajstić information content (AvgIpc) is 2.40. The van der Waals surface area contributed by atoms with Crippen LogP contribution in [0.5, 0.6) is 0 Å². The Kier molecular flexibility index (Phi) is 4.33. The van der Waals surface area contributed by atoms with Crippen LogP contribution in [0.4, 0.5) is 0 Å². The Hall–Kier alpha value is -1.39. The molecule has 0 fully saturated rings. The van der Waals surface area contributed by atoms with Crippen molar-refractivity contribution in [3.8, 4) is 0 Å². The first-order chi connectivity index (χ1) is 8.72. The molecular formula is C14H20N2O2. The second-order valence-corrected chi connectivity index (χ2v) is 4.62. The summed E-state index contributed by atoms with van der Waals surface area (Å²) < 4.78 is 0. The van der Waals surface area contributed by atoms with Gasteiger partial charge in [0.05, 0.1) is 6.10 Å². The number of amides is 1. The van der Waals surface area contributed by atoms with Crippen molar-refractivity contribution in [2.24, 2.45) is 0 Å². The van der Waals surface area contributed by atoms with Gasteiger partial charge in [0.2, 0.25) is 0 Å². The summed E-state index contributed by atoms with van der Waals surface area (Å²) in [6.45, 7) is 4.45. The van der Waals surface area contributed by atoms with E-state index in [0.717, 1.165) is 24.1 Å². The third-order valence-electron chi connectivity index (χ3n) is 3.25. The Labute approximate surface area is 108 Å². The fourth-order valence-electron chi connectivity index (χ4n) is 2.28. The number of hydrogen-bond donors (Lipinski definition) is 2. The zero-order valence-corrected chi connectivity index (χ0v) is 10.7. The summed E-state index contributed by atoms with van der Waals surface area (Å²) >= 11 is 0. The molecule has 0 aromatic heterocycles. The van der Waals surface area contributed by atoms with E-state index in [-0.39, 0.29) is 5.91 Å². The maximum atomic E-state index is 12.2. The van der Waals surface area contributed by atoms with Crippen molar-refractivity contribution in [1.29, 1.82) is 0 Å². The minimum atomic E-state index is -0.501. The molecule has 0 saturated carbocycles. The van der Waals surface area contributed by atoms with E-state index in [9.17, 15) is 9.90 Å². The lowest BCUT2D eigenvalue weighted by Crippen LogP contribution is -2.44. The van der Waals surface area contributed by atoms with Gasteiger partial charge in [-0.15, -0.1) is 0 Å². The molecule has 98 valence electrons. The highest BCUT2D eigenvalue weighted by atomic mass is 16.3. The third-order valence-corrected chi connectivity index (χ3v) is 3.25. The molecule has 2 rings (SSSR count). The van der Waals surface area contributed by atoms with E-state index in [1.165, 1.54) is 0 Å². The van der Waals surface area contributed by atoms with Crippen LogP contribution < -0.4 is 5.32 Å². The molecule has 1 heterocycles. The Morgan fingerprint density at radius 3 is 3.00 bits per heavy atom. The highest BCUT2D eigenvalue weighted by Gasteiger charge is 2.25. The molecule has 4 nitrogen and oxygen atoms in total. The fourth-order valence-corrected chi connectivity index (χ4v) is 2.28. The van der Waals surface area contributed by atoms with Crippen molar-refractivity contribution in [3.63, 3.8) is 0 Å². The van der Waals surface area contributed by atoms with E-state index in [2.05, 4.69) is 5.32 Å². The summed E-state index contributed by atoms with van der Waals surface area (Å²) in [5, 5.41) is 12.9. The first kappa shape index (κ1) is 13.1. The SMILES string of the molecule is CCNCC(O)CN1CCc2ccccc2C1=O. The number of fused-ring (bicyclic) bond motifs is 1. The number of nitrogens with zero attached hydrogens (tertiary/aromatic N) is 1. The number of hydrogen-bond acceptors (Lipinski definition) is 3. The highest BCUT2D eigenvalue weighted by molar-refractivity contribution is 5.96. The van der Waals surface area contributed by atoms with Gasteiger partial charge in [0.15, 0.2) is 0 Å². The number of aliphatic hydroxyl groups is 1. The van der Waals surface area contributed by atoms with E-state index in [0.29, 0.717) is 19.6 Å². The number of likely N-dealkylation sites (N-methyl/N-ethyl adjacent to an activating group) is 1. The van der Waals surface area contributed by atoms with E-state index in [1.54, 1.807) is 4.90 Å². The van der Waals surface area contributed by atoms with Gasteiger partial charge in [0, 0.05) is 25.2 Å². The Balaban J connectivity index is 1.99. The van der Waals surface area contributed by atoms with Crippen molar-refractivity contribution in [2.45, 2.75) is 19.4 Å². The van der Waals surface area contributed by atoms with E-state index < -0.39 is 6.10 Å². The van der Waals surface area contributed by atoms with Crippen LogP contribution in [0.1, 0.15) is 22.8 Å². The molecular weight excluding hydrogens is 228 g/mol. The summed E-state index contributed by atoms with van der Waals surface area (Å²) in [6, 6.07) is 7.71. The highest BCUT2D eigenvalue weighted by Crippen LogP contribution is 2.18. The zero-order valence-electron chi connectivity index (χ0n) is 10.7. The summed E-state index contributed by atoms with van der Waals surface area (Å²) in [5.41, 5.74) is 1.89. The van der Waals surface area contributed by atoms with Crippen LogP contribution in [0.3, 0.4) is 0 Å². The van der Waals surface area contributed by atoms with E-state index >= 15 is 0 Å². The molecule has 0 bridgehead atoms. The fraction of sp³-hybridized carbons (Fsp3) is 0.500. The quantitative estimate of drug-likeness (QED) is 0.804. The van der Waals surface area contributed by atoms with Gasteiger partial charge < -0.3 is 15.3 Å². The Morgan fingerprint density at radius 1 is 1.44 bits per heavy atom. The third kappa shape index (κ3) is 2.89. The monoisotopic (exact) mass is 248 g/mol. The van der Waals surface area contributed by atoms with Gasteiger partial charge in [0.1, 0.15) is 0 Å². The predicted octanol–water partition coefficient (Wildman–Crippen LogP) is 0.655. The van der Waals surface area contributed by atoms with E-state index in [1.807, 2.05) is 31.2 Å². The molecule has 1 atom stereocenters. The largest absolute Gasteiger partial charge is 0.390 e. The van der Waals surface area contributed by atoms with Gasteiger partial charge in [0.25, 0.3) is 5.91 Å². The van der Waals surface area contributed by atoms with Gasteiger partial charge in [-0.05, 0) is 24.6 Å². The minimum absolute atomic E-state index is 0.0346. The summed E-state index contributed by atoms with van der Waals surface area (Å²) in [5.74, 6) is 0.0346. The molecule has 2 N–H and O–H groups in total. The minimum Gasteiger partial charge on any atom is -0.390 e. The molecule has 18 heavy (non-hydrogen) atoms. The molecule has 1 aliphatic heterocycles. The number of benzene rings is 1. The number of carbonyl (C=O) groups is 1. The van der Waals surface area contributed by atoms with Crippen molar-refractivity contribution in [3.05, 3.63) is 35.4 Å². The van der Waals surface area contributed by atoms with Crippen LogP contribution in [0.15, 0.2) is 24.3 Å². The number of aliphatic hydroxyl groups excluding tert-OH is 1. The van der Waals surface area contributed by atoms with Crippen LogP contribution >= 0.6 is 0 Å². The lowest BCUT2D eigenvalue weighted by molar-refractivity contribution is 0.0606. The zero-order chi connectivity index (χ0) is 13.0. The van der Waals surface area contributed by atoms with Crippen molar-refractivity contribution >= 4 is 5.91 Å². The van der Waals surface area contributed by atoms with Crippen LogP contribution in [-0.4, -0.2) is 48.2 Å². The Morgan fingerprint density at radius 2 is 2.22 bits per heavy atom. The molecule has 0 aliphatic carbocycles. The van der Waals surface area contributed by atoms with Crippen LogP contribution in [0, 0.1) is 0 Å². The van der Waals surface area contributed by atoms with Crippen LogP contribution in [0.2, 0.25) is 0 Å². The molecule has 4 heteroatoms. The summed E-state index contributed by atoms with van der Waals surface area (Å²) in [6.07, 6.45) is 0.370. The second kappa shape index (κ2) is 5.98. The summed E-state index contributed by atoms with van der Waals surface area (Å²) in [4.78, 5) is 14.0. The molecule has 1 aliphatic rings. The molecule has 0 spiro atoms. The number of β-amino-alcohol motifs (C(OH)–C–C–N with tert-alkyl or cyclic N) is 1. The topological polar surface area (TPSA) is 52.6 Å². The second-order valence-electron chi connectivity index (χ2n) is 4.62. The Bertz CT molecular complexity index is 420. The van der Waals surface area contributed by atoms with Crippen molar-refractivity contribution < 1.29 is 9.90 Å². The van der Waals surface area contributed by atoms with Crippen LogP contribution in [-0.2, 0) is 6.42 Å². The molecule has 0 radical (unpaired) electrons. The smallest absolute Gasteiger partial charge is 0.254 e.